The molecule has 1 aliphatic rings. The fraction of sp³-hybridized carbons (Fsp3) is 0.500. The summed E-state index contributed by atoms with van der Waals surface area (Å²) in [6, 6.07) is 1.72. The van der Waals surface area contributed by atoms with Crippen LogP contribution in [0.3, 0.4) is 0 Å². The van der Waals surface area contributed by atoms with Gasteiger partial charge in [0.2, 0.25) is 0 Å². The van der Waals surface area contributed by atoms with Crippen molar-refractivity contribution in [2.24, 2.45) is 0 Å². The number of aromatic nitrogens is 3. The van der Waals surface area contributed by atoms with Crippen LogP contribution in [0.4, 0.5) is 0 Å². The zero-order valence-electron chi connectivity index (χ0n) is 12.6. The molecular weight excluding hydrogens is 322 g/mol. The summed E-state index contributed by atoms with van der Waals surface area (Å²) >= 11 is 0. The molecule has 1 saturated heterocycles. The molecule has 0 atom stereocenters. The molecule has 1 N–H and O–H groups in total. The van der Waals surface area contributed by atoms with E-state index in [9.17, 15) is 18.0 Å². The van der Waals surface area contributed by atoms with Crippen LogP contribution in [-0.4, -0.2) is 47.1 Å². The van der Waals surface area contributed by atoms with Crippen LogP contribution in [0.2, 0.25) is 0 Å². The zero-order valence-corrected chi connectivity index (χ0v) is 13.4. The lowest BCUT2D eigenvalue weighted by molar-refractivity contribution is 0.0523. The Balaban J connectivity index is 1.95. The lowest BCUT2D eigenvalue weighted by Gasteiger charge is -2.19. The number of carbonyl (C=O) groups excluding carboxylic acids is 1. The Hall–Kier alpha value is -2.16. The molecule has 0 unspecified atom stereocenters. The number of carbonyl (C=O) groups is 1. The summed E-state index contributed by atoms with van der Waals surface area (Å²) in [5.74, 6) is -0.435. The third kappa shape index (κ3) is 3.00. The molecule has 0 radical (unpaired) electrons. The first-order chi connectivity index (χ1) is 10.9. The SMILES string of the molecule is CCOC(=O)c1c[nH]c2cc(C3CCS(=O)(=O)CC3)nn2c1=O. The van der Waals surface area contributed by atoms with Crippen LogP contribution in [0.1, 0.15) is 41.7 Å². The van der Waals surface area contributed by atoms with Gasteiger partial charge in [-0.15, -0.1) is 0 Å². The molecule has 0 saturated carbocycles. The number of fused-ring (bicyclic) bond motifs is 1. The van der Waals surface area contributed by atoms with Crippen molar-refractivity contribution in [3.8, 4) is 0 Å². The van der Waals surface area contributed by atoms with Gasteiger partial charge in [0.05, 0.1) is 23.8 Å². The number of hydrogen-bond acceptors (Lipinski definition) is 6. The first-order valence-electron chi connectivity index (χ1n) is 7.40. The van der Waals surface area contributed by atoms with Crippen molar-refractivity contribution in [1.29, 1.82) is 0 Å². The molecule has 0 bridgehead atoms. The summed E-state index contributed by atoms with van der Waals surface area (Å²) in [5, 5.41) is 4.26. The average molecular weight is 339 g/mol. The minimum Gasteiger partial charge on any atom is -0.462 e. The average Bonchev–Trinajstić information content (AvgIpc) is 2.92. The lowest BCUT2D eigenvalue weighted by Crippen LogP contribution is -2.25. The van der Waals surface area contributed by atoms with Crippen molar-refractivity contribution in [2.45, 2.75) is 25.7 Å². The molecule has 8 nitrogen and oxygen atoms in total. The molecule has 3 heterocycles. The number of nitrogens with zero attached hydrogens (tertiary/aromatic N) is 2. The Labute approximate surface area is 132 Å². The third-order valence-electron chi connectivity index (χ3n) is 3.98. The first kappa shape index (κ1) is 15.7. The van der Waals surface area contributed by atoms with E-state index in [0.717, 1.165) is 4.52 Å². The van der Waals surface area contributed by atoms with Gasteiger partial charge in [-0.2, -0.15) is 9.61 Å². The fourth-order valence-corrected chi connectivity index (χ4v) is 4.21. The predicted octanol–water partition coefficient (Wildman–Crippen LogP) is 0.492. The molecule has 1 fully saturated rings. The van der Waals surface area contributed by atoms with Crippen molar-refractivity contribution in [3.05, 3.63) is 33.9 Å². The summed E-state index contributed by atoms with van der Waals surface area (Å²) in [5.41, 5.74) is 0.466. The van der Waals surface area contributed by atoms with E-state index in [0.29, 0.717) is 24.2 Å². The topological polar surface area (TPSA) is 111 Å². The number of sulfone groups is 1. The number of nitrogens with one attached hydrogen (secondary N) is 1. The molecule has 2 aromatic rings. The highest BCUT2D eigenvalue weighted by Crippen LogP contribution is 2.28. The van der Waals surface area contributed by atoms with Crippen LogP contribution >= 0.6 is 0 Å². The van der Waals surface area contributed by atoms with E-state index in [1.807, 2.05) is 0 Å². The summed E-state index contributed by atoms with van der Waals surface area (Å²) in [6.07, 6.45) is 2.29. The van der Waals surface area contributed by atoms with Crippen LogP contribution in [0.15, 0.2) is 17.1 Å². The molecule has 0 amide bonds. The highest BCUT2D eigenvalue weighted by atomic mass is 32.2. The monoisotopic (exact) mass is 339 g/mol. The molecule has 23 heavy (non-hydrogen) atoms. The summed E-state index contributed by atoms with van der Waals surface area (Å²) < 4.78 is 29.0. The second-order valence-electron chi connectivity index (χ2n) is 5.52. The van der Waals surface area contributed by atoms with Gasteiger partial charge < -0.3 is 9.72 Å². The normalized spacial score (nSPS) is 18.1. The van der Waals surface area contributed by atoms with E-state index in [-0.39, 0.29) is 29.6 Å². The van der Waals surface area contributed by atoms with Gasteiger partial charge in [0.25, 0.3) is 5.56 Å². The van der Waals surface area contributed by atoms with Gasteiger partial charge >= 0.3 is 5.97 Å². The highest BCUT2D eigenvalue weighted by molar-refractivity contribution is 7.91. The number of aromatic amines is 1. The molecular formula is C14H17N3O5S. The Bertz CT molecular complexity index is 898. The second-order valence-corrected chi connectivity index (χ2v) is 7.82. The van der Waals surface area contributed by atoms with Crippen molar-refractivity contribution in [1.82, 2.24) is 14.6 Å². The number of H-pyrrole nitrogens is 1. The predicted molar refractivity (Wildman–Crippen MR) is 82.4 cm³/mol. The summed E-state index contributed by atoms with van der Waals surface area (Å²) in [6.45, 7) is 1.84. The smallest absolute Gasteiger partial charge is 0.345 e. The molecule has 0 spiro atoms. The van der Waals surface area contributed by atoms with E-state index >= 15 is 0 Å². The zero-order chi connectivity index (χ0) is 16.6. The molecule has 1 aliphatic heterocycles. The van der Waals surface area contributed by atoms with Crippen LogP contribution in [0.25, 0.3) is 5.65 Å². The number of ether oxygens (including phenoxy) is 1. The Morgan fingerprint density at radius 2 is 2.13 bits per heavy atom. The minimum absolute atomic E-state index is 0.00253. The first-order valence-corrected chi connectivity index (χ1v) is 9.22. The van der Waals surface area contributed by atoms with Crippen LogP contribution < -0.4 is 5.56 Å². The van der Waals surface area contributed by atoms with E-state index in [1.165, 1.54) is 6.20 Å². The van der Waals surface area contributed by atoms with Gasteiger partial charge in [0, 0.05) is 18.2 Å². The van der Waals surface area contributed by atoms with Gasteiger partial charge in [0.15, 0.2) is 0 Å². The van der Waals surface area contributed by atoms with Crippen LogP contribution in [-0.2, 0) is 14.6 Å². The van der Waals surface area contributed by atoms with E-state index < -0.39 is 21.4 Å². The minimum atomic E-state index is -2.95. The standard InChI is InChI=1S/C14H17N3O5S/c1-2-22-14(19)10-8-15-12-7-11(16-17(12)13(10)18)9-3-5-23(20,21)6-4-9/h7-9,15H,2-6H2,1H3. The van der Waals surface area contributed by atoms with Crippen LogP contribution in [0.5, 0.6) is 0 Å². The Kier molecular flexibility index (Phi) is 3.97. The number of hydrogen-bond donors (Lipinski definition) is 1. The molecule has 9 heteroatoms. The second kappa shape index (κ2) is 5.80. The highest BCUT2D eigenvalue weighted by Gasteiger charge is 2.27. The van der Waals surface area contributed by atoms with E-state index in [2.05, 4.69) is 10.1 Å². The summed E-state index contributed by atoms with van der Waals surface area (Å²) in [4.78, 5) is 26.9. The number of rotatable bonds is 3. The maximum absolute atomic E-state index is 12.3. The van der Waals surface area contributed by atoms with E-state index in [1.54, 1.807) is 13.0 Å². The number of esters is 1. The molecule has 124 valence electrons. The van der Waals surface area contributed by atoms with Gasteiger partial charge in [-0.1, -0.05) is 0 Å². The lowest BCUT2D eigenvalue weighted by atomic mass is 9.99. The van der Waals surface area contributed by atoms with Crippen molar-refractivity contribution >= 4 is 21.5 Å². The van der Waals surface area contributed by atoms with Crippen molar-refractivity contribution < 1.29 is 17.9 Å². The Morgan fingerprint density at radius 1 is 1.43 bits per heavy atom. The molecule has 3 rings (SSSR count). The van der Waals surface area contributed by atoms with Crippen molar-refractivity contribution in [2.75, 3.05) is 18.1 Å². The maximum Gasteiger partial charge on any atom is 0.345 e. The molecule has 2 aromatic heterocycles. The third-order valence-corrected chi connectivity index (χ3v) is 5.70. The van der Waals surface area contributed by atoms with E-state index in [4.69, 9.17) is 4.74 Å². The van der Waals surface area contributed by atoms with Gasteiger partial charge in [-0.05, 0) is 19.8 Å². The van der Waals surface area contributed by atoms with Gasteiger partial charge in [0.1, 0.15) is 21.0 Å². The quantitative estimate of drug-likeness (QED) is 0.815. The largest absolute Gasteiger partial charge is 0.462 e. The van der Waals surface area contributed by atoms with Gasteiger partial charge in [-0.25, -0.2) is 13.2 Å². The maximum atomic E-state index is 12.3. The molecule has 0 aliphatic carbocycles. The van der Waals surface area contributed by atoms with Crippen LogP contribution in [0, 0.1) is 0 Å². The fourth-order valence-electron chi connectivity index (χ4n) is 2.72. The van der Waals surface area contributed by atoms with Gasteiger partial charge in [-0.3, -0.25) is 4.79 Å². The Morgan fingerprint density at radius 3 is 2.78 bits per heavy atom. The van der Waals surface area contributed by atoms with Crippen molar-refractivity contribution in [3.63, 3.8) is 0 Å². The summed E-state index contributed by atoms with van der Waals surface area (Å²) in [7, 11) is -2.95. The molecule has 0 aromatic carbocycles.